The maximum atomic E-state index is 12.1. The smallest absolute Gasteiger partial charge is 0.410 e. The van der Waals surface area contributed by atoms with Gasteiger partial charge in [0.05, 0.1) is 17.6 Å². The van der Waals surface area contributed by atoms with Crippen molar-refractivity contribution in [2.75, 3.05) is 13.1 Å². The van der Waals surface area contributed by atoms with E-state index in [2.05, 4.69) is 0 Å². The summed E-state index contributed by atoms with van der Waals surface area (Å²) in [5.41, 5.74) is -1.48. The Morgan fingerprint density at radius 1 is 1.36 bits per heavy atom. The molecule has 0 radical (unpaired) electrons. The minimum Gasteiger partial charge on any atom is -0.481 e. The summed E-state index contributed by atoms with van der Waals surface area (Å²) in [5, 5.41) is 9.69. The van der Waals surface area contributed by atoms with Gasteiger partial charge in [-0.15, -0.1) is 0 Å². The number of ether oxygens (including phenoxy) is 2. The van der Waals surface area contributed by atoms with Crippen LogP contribution in [0.2, 0.25) is 0 Å². The van der Waals surface area contributed by atoms with Gasteiger partial charge in [-0.25, -0.2) is 4.79 Å². The zero-order chi connectivity index (χ0) is 16.5. The Morgan fingerprint density at radius 3 is 2.55 bits per heavy atom. The van der Waals surface area contributed by atoms with Gasteiger partial charge in [-0.05, 0) is 53.4 Å². The molecule has 0 aliphatic carbocycles. The van der Waals surface area contributed by atoms with E-state index >= 15 is 0 Å². The van der Waals surface area contributed by atoms with E-state index in [4.69, 9.17) is 9.47 Å². The third-order valence-corrected chi connectivity index (χ3v) is 4.40. The van der Waals surface area contributed by atoms with Gasteiger partial charge >= 0.3 is 12.1 Å². The van der Waals surface area contributed by atoms with Gasteiger partial charge in [-0.1, -0.05) is 0 Å². The van der Waals surface area contributed by atoms with Crippen LogP contribution in [0.15, 0.2) is 0 Å². The van der Waals surface area contributed by atoms with Crippen LogP contribution in [0.5, 0.6) is 0 Å². The van der Waals surface area contributed by atoms with Gasteiger partial charge < -0.3 is 19.5 Å². The topological polar surface area (TPSA) is 76.1 Å². The number of carboxylic acids is 1. The van der Waals surface area contributed by atoms with Crippen LogP contribution in [0.25, 0.3) is 0 Å². The molecule has 2 rings (SSSR count). The number of amides is 1. The van der Waals surface area contributed by atoms with E-state index in [0.29, 0.717) is 19.4 Å². The summed E-state index contributed by atoms with van der Waals surface area (Å²) < 4.78 is 11.1. The maximum absolute atomic E-state index is 12.1. The van der Waals surface area contributed by atoms with Gasteiger partial charge in [-0.3, -0.25) is 4.79 Å². The SMILES string of the molecule is CC1CCC(CC2(C(=O)O)CCN(C(=O)OC(C)(C)C)C2)O1. The fourth-order valence-electron chi connectivity index (χ4n) is 3.25. The fourth-order valence-corrected chi connectivity index (χ4v) is 3.25. The Kier molecular flexibility index (Phi) is 4.70. The Labute approximate surface area is 131 Å². The molecule has 3 atom stereocenters. The molecule has 2 fully saturated rings. The van der Waals surface area contributed by atoms with E-state index in [1.54, 1.807) is 20.8 Å². The first-order valence-corrected chi connectivity index (χ1v) is 7.98. The van der Waals surface area contributed by atoms with Crippen LogP contribution in [0.4, 0.5) is 4.79 Å². The largest absolute Gasteiger partial charge is 0.481 e. The minimum atomic E-state index is -0.911. The lowest BCUT2D eigenvalue weighted by Gasteiger charge is -2.28. The first kappa shape index (κ1) is 17.1. The summed E-state index contributed by atoms with van der Waals surface area (Å²) in [6.45, 7) is 8.04. The normalized spacial score (nSPS) is 32.3. The summed E-state index contributed by atoms with van der Waals surface area (Å²) in [6.07, 6.45) is 2.51. The average molecular weight is 313 g/mol. The van der Waals surface area contributed by atoms with E-state index in [0.717, 1.165) is 12.8 Å². The van der Waals surface area contributed by atoms with Crippen LogP contribution in [0.1, 0.15) is 53.4 Å². The second kappa shape index (κ2) is 6.07. The Bertz CT molecular complexity index is 444. The molecule has 0 aromatic rings. The molecular weight excluding hydrogens is 286 g/mol. The molecule has 6 heteroatoms. The highest BCUT2D eigenvalue weighted by Crippen LogP contribution is 2.39. The summed E-state index contributed by atoms with van der Waals surface area (Å²) in [6, 6.07) is 0. The van der Waals surface area contributed by atoms with Gasteiger partial charge in [0.1, 0.15) is 5.60 Å². The Hall–Kier alpha value is -1.30. The van der Waals surface area contributed by atoms with E-state index in [1.165, 1.54) is 4.90 Å². The van der Waals surface area contributed by atoms with Crippen molar-refractivity contribution in [2.24, 2.45) is 5.41 Å². The fraction of sp³-hybridized carbons (Fsp3) is 0.875. The number of carbonyl (C=O) groups excluding carboxylic acids is 1. The number of hydrogen-bond acceptors (Lipinski definition) is 4. The highest BCUT2D eigenvalue weighted by Gasteiger charge is 2.49. The minimum absolute atomic E-state index is 0.0234. The lowest BCUT2D eigenvalue weighted by Crippen LogP contribution is -2.41. The number of carboxylic acid groups (broad SMARTS) is 1. The molecule has 0 spiro atoms. The summed E-state index contributed by atoms with van der Waals surface area (Å²) in [5.74, 6) is -0.846. The molecule has 0 bridgehead atoms. The van der Waals surface area contributed by atoms with Crippen LogP contribution in [-0.4, -0.2) is 53.0 Å². The molecule has 2 heterocycles. The van der Waals surface area contributed by atoms with Gasteiger partial charge in [0, 0.05) is 13.1 Å². The molecule has 0 aromatic carbocycles. The van der Waals surface area contributed by atoms with Crippen LogP contribution in [0, 0.1) is 5.41 Å². The number of aliphatic carboxylic acids is 1. The van der Waals surface area contributed by atoms with Crippen LogP contribution < -0.4 is 0 Å². The second-order valence-corrected chi connectivity index (χ2v) is 7.59. The molecule has 22 heavy (non-hydrogen) atoms. The molecule has 126 valence electrons. The van der Waals surface area contributed by atoms with Crippen molar-refractivity contribution in [1.82, 2.24) is 4.90 Å². The number of carbonyl (C=O) groups is 2. The molecule has 2 aliphatic rings. The van der Waals surface area contributed by atoms with Gasteiger partial charge in [0.15, 0.2) is 0 Å². The summed E-state index contributed by atoms with van der Waals surface area (Å²) in [4.78, 5) is 25.5. The van der Waals surface area contributed by atoms with E-state index < -0.39 is 23.1 Å². The van der Waals surface area contributed by atoms with Crippen molar-refractivity contribution in [3.8, 4) is 0 Å². The lowest BCUT2D eigenvalue weighted by atomic mass is 9.81. The second-order valence-electron chi connectivity index (χ2n) is 7.59. The molecule has 1 amide bonds. The van der Waals surface area contributed by atoms with Crippen molar-refractivity contribution < 1.29 is 24.2 Å². The van der Waals surface area contributed by atoms with Gasteiger partial charge in [-0.2, -0.15) is 0 Å². The predicted molar refractivity (Wildman–Crippen MR) is 80.7 cm³/mol. The van der Waals surface area contributed by atoms with Crippen LogP contribution >= 0.6 is 0 Å². The van der Waals surface area contributed by atoms with Crippen molar-refractivity contribution >= 4 is 12.1 Å². The van der Waals surface area contributed by atoms with E-state index in [9.17, 15) is 14.7 Å². The summed E-state index contributed by atoms with van der Waals surface area (Å²) >= 11 is 0. The van der Waals surface area contributed by atoms with Crippen molar-refractivity contribution in [3.05, 3.63) is 0 Å². The monoisotopic (exact) mass is 313 g/mol. The van der Waals surface area contributed by atoms with Gasteiger partial charge in [0.2, 0.25) is 0 Å². The molecule has 2 saturated heterocycles. The van der Waals surface area contributed by atoms with Crippen molar-refractivity contribution in [3.63, 3.8) is 0 Å². The first-order chi connectivity index (χ1) is 10.1. The van der Waals surface area contributed by atoms with Crippen molar-refractivity contribution in [1.29, 1.82) is 0 Å². The highest BCUT2D eigenvalue weighted by molar-refractivity contribution is 5.78. The number of hydrogen-bond donors (Lipinski definition) is 1. The lowest BCUT2D eigenvalue weighted by molar-refractivity contribution is -0.150. The molecule has 6 nitrogen and oxygen atoms in total. The zero-order valence-electron chi connectivity index (χ0n) is 13.9. The average Bonchev–Trinajstić information content (AvgIpc) is 2.95. The quantitative estimate of drug-likeness (QED) is 0.867. The predicted octanol–water partition coefficient (Wildman–Crippen LogP) is 2.66. The highest BCUT2D eigenvalue weighted by atomic mass is 16.6. The van der Waals surface area contributed by atoms with Crippen LogP contribution in [-0.2, 0) is 14.3 Å². The third-order valence-electron chi connectivity index (χ3n) is 4.40. The van der Waals surface area contributed by atoms with Crippen LogP contribution in [0.3, 0.4) is 0 Å². The third kappa shape index (κ3) is 3.91. The Morgan fingerprint density at radius 2 is 2.05 bits per heavy atom. The van der Waals surface area contributed by atoms with E-state index in [1.807, 2.05) is 6.92 Å². The van der Waals surface area contributed by atoms with E-state index in [-0.39, 0.29) is 18.8 Å². The number of rotatable bonds is 3. The summed E-state index contributed by atoms with van der Waals surface area (Å²) in [7, 11) is 0. The molecule has 3 unspecified atom stereocenters. The number of nitrogens with zero attached hydrogens (tertiary/aromatic N) is 1. The number of likely N-dealkylation sites (tertiary alicyclic amines) is 1. The zero-order valence-corrected chi connectivity index (χ0v) is 13.9. The molecule has 2 aliphatic heterocycles. The molecule has 0 saturated carbocycles. The maximum Gasteiger partial charge on any atom is 0.410 e. The van der Waals surface area contributed by atoms with Gasteiger partial charge in [0.25, 0.3) is 0 Å². The molecular formula is C16H27NO5. The first-order valence-electron chi connectivity index (χ1n) is 7.98. The molecule has 1 N–H and O–H groups in total. The molecule has 0 aromatic heterocycles. The van der Waals surface area contributed by atoms with Crippen molar-refractivity contribution in [2.45, 2.75) is 71.2 Å². The standard InChI is InChI=1S/C16H27NO5/c1-11-5-6-12(21-11)9-16(13(18)19)7-8-17(10-16)14(20)22-15(2,3)4/h11-12H,5-10H2,1-4H3,(H,18,19). The Balaban J connectivity index is 2.01.